The molecule has 1 aliphatic rings. The van der Waals surface area contributed by atoms with E-state index in [2.05, 4.69) is 36.4 Å². The van der Waals surface area contributed by atoms with Crippen molar-refractivity contribution >= 4 is 5.57 Å². The predicted molar refractivity (Wildman–Crippen MR) is 56.2 cm³/mol. The van der Waals surface area contributed by atoms with Crippen LogP contribution in [0.25, 0.3) is 5.57 Å². The second-order valence-corrected chi connectivity index (χ2v) is 3.63. The van der Waals surface area contributed by atoms with Gasteiger partial charge in [-0.05, 0) is 30.4 Å². The smallest absolute Gasteiger partial charge is 0.00767 e. The monoisotopic (exact) mass is 173 g/mol. The van der Waals surface area contributed by atoms with Gasteiger partial charge in [0.05, 0.1) is 0 Å². The van der Waals surface area contributed by atoms with E-state index < -0.39 is 0 Å². The van der Waals surface area contributed by atoms with E-state index in [1.165, 1.54) is 11.1 Å². The molecular weight excluding hydrogens is 158 g/mol. The molecule has 0 saturated carbocycles. The van der Waals surface area contributed by atoms with E-state index in [-0.39, 0.29) is 0 Å². The van der Waals surface area contributed by atoms with E-state index in [1.54, 1.807) is 0 Å². The van der Waals surface area contributed by atoms with Crippen molar-refractivity contribution in [3.63, 3.8) is 0 Å². The van der Waals surface area contributed by atoms with E-state index in [0.29, 0.717) is 6.04 Å². The third-order valence-electron chi connectivity index (χ3n) is 2.60. The molecule has 13 heavy (non-hydrogen) atoms. The van der Waals surface area contributed by atoms with Gasteiger partial charge in [-0.2, -0.15) is 0 Å². The molecule has 0 bridgehead atoms. The summed E-state index contributed by atoms with van der Waals surface area (Å²) in [5.74, 6) is 0. The molecule has 1 heteroatoms. The molecule has 68 valence electrons. The van der Waals surface area contributed by atoms with Crippen molar-refractivity contribution in [1.82, 2.24) is 0 Å². The van der Waals surface area contributed by atoms with Crippen LogP contribution in [0.2, 0.25) is 0 Å². The largest absolute Gasteiger partial charge is 0.327 e. The summed E-state index contributed by atoms with van der Waals surface area (Å²) in [6.07, 6.45) is 5.57. The van der Waals surface area contributed by atoms with Gasteiger partial charge in [0, 0.05) is 6.04 Å². The summed E-state index contributed by atoms with van der Waals surface area (Å²) in [4.78, 5) is 0. The van der Waals surface area contributed by atoms with Gasteiger partial charge in [0.2, 0.25) is 0 Å². The third-order valence-corrected chi connectivity index (χ3v) is 2.60. The lowest BCUT2D eigenvalue weighted by atomic mass is 9.91. The minimum Gasteiger partial charge on any atom is -0.327 e. The number of benzene rings is 1. The lowest BCUT2D eigenvalue weighted by Crippen LogP contribution is -2.21. The molecule has 0 aromatic heterocycles. The lowest BCUT2D eigenvalue weighted by Gasteiger charge is -2.18. The van der Waals surface area contributed by atoms with Crippen molar-refractivity contribution in [2.45, 2.75) is 25.3 Å². The van der Waals surface area contributed by atoms with E-state index in [9.17, 15) is 0 Å². The fourth-order valence-electron chi connectivity index (χ4n) is 1.77. The Balaban J connectivity index is 2.19. The molecule has 1 aliphatic carbocycles. The maximum absolute atomic E-state index is 5.83. The quantitative estimate of drug-likeness (QED) is 0.694. The molecule has 1 aromatic rings. The molecule has 0 unspecified atom stereocenters. The van der Waals surface area contributed by atoms with E-state index in [4.69, 9.17) is 5.73 Å². The van der Waals surface area contributed by atoms with Crippen LogP contribution in [0.3, 0.4) is 0 Å². The highest BCUT2D eigenvalue weighted by Gasteiger charge is 2.10. The topological polar surface area (TPSA) is 26.0 Å². The highest BCUT2D eigenvalue weighted by atomic mass is 14.6. The van der Waals surface area contributed by atoms with Gasteiger partial charge in [-0.25, -0.2) is 0 Å². The molecule has 2 N–H and O–H groups in total. The number of hydrogen-bond acceptors (Lipinski definition) is 1. The SMILES string of the molecule is N[C@H]1CC=C(c2ccccc2)CC1. The molecule has 1 atom stereocenters. The van der Waals surface area contributed by atoms with Gasteiger partial charge in [-0.15, -0.1) is 0 Å². The minimum atomic E-state index is 0.382. The Kier molecular flexibility index (Phi) is 2.46. The first kappa shape index (κ1) is 8.52. The molecule has 2 rings (SSSR count). The van der Waals surface area contributed by atoms with Crippen LogP contribution in [0.4, 0.5) is 0 Å². The van der Waals surface area contributed by atoms with Crippen LogP contribution in [-0.2, 0) is 0 Å². The van der Waals surface area contributed by atoms with Gasteiger partial charge in [0.25, 0.3) is 0 Å². The van der Waals surface area contributed by atoms with Gasteiger partial charge in [0.15, 0.2) is 0 Å². The fourth-order valence-corrected chi connectivity index (χ4v) is 1.77. The molecule has 0 saturated heterocycles. The Bertz CT molecular complexity index is 300. The van der Waals surface area contributed by atoms with Crippen LogP contribution in [0.5, 0.6) is 0 Å². The first-order chi connectivity index (χ1) is 6.36. The van der Waals surface area contributed by atoms with Crippen molar-refractivity contribution in [3.8, 4) is 0 Å². The van der Waals surface area contributed by atoms with Crippen molar-refractivity contribution < 1.29 is 0 Å². The van der Waals surface area contributed by atoms with Crippen LogP contribution in [0, 0.1) is 0 Å². The molecule has 0 radical (unpaired) electrons. The molecule has 0 fully saturated rings. The Hall–Kier alpha value is -1.08. The maximum Gasteiger partial charge on any atom is 0.00767 e. The van der Waals surface area contributed by atoms with Crippen molar-refractivity contribution in [1.29, 1.82) is 0 Å². The van der Waals surface area contributed by atoms with E-state index >= 15 is 0 Å². The second kappa shape index (κ2) is 3.75. The molecule has 1 nitrogen and oxygen atoms in total. The third kappa shape index (κ3) is 1.99. The molecule has 1 aromatic carbocycles. The van der Waals surface area contributed by atoms with Gasteiger partial charge >= 0.3 is 0 Å². The minimum absolute atomic E-state index is 0.382. The van der Waals surface area contributed by atoms with Crippen molar-refractivity contribution in [3.05, 3.63) is 42.0 Å². The Morgan fingerprint density at radius 1 is 1.15 bits per heavy atom. The first-order valence-electron chi connectivity index (χ1n) is 4.86. The predicted octanol–water partition coefficient (Wildman–Crippen LogP) is 2.58. The van der Waals surface area contributed by atoms with Crippen LogP contribution in [0.1, 0.15) is 24.8 Å². The van der Waals surface area contributed by atoms with Crippen LogP contribution in [-0.4, -0.2) is 6.04 Å². The Labute approximate surface area is 79.3 Å². The van der Waals surface area contributed by atoms with E-state index in [0.717, 1.165) is 19.3 Å². The van der Waals surface area contributed by atoms with Gasteiger partial charge < -0.3 is 5.73 Å². The summed E-state index contributed by atoms with van der Waals surface area (Å²) in [5, 5.41) is 0. The Morgan fingerprint density at radius 3 is 2.54 bits per heavy atom. The Morgan fingerprint density at radius 2 is 1.92 bits per heavy atom. The van der Waals surface area contributed by atoms with Crippen LogP contribution < -0.4 is 5.73 Å². The summed E-state index contributed by atoms with van der Waals surface area (Å²) < 4.78 is 0. The zero-order valence-electron chi connectivity index (χ0n) is 7.74. The zero-order valence-corrected chi connectivity index (χ0v) is 7.74. The summed E-state index contributed by atoms with van der Waals surface area (Å²) in [7, 11) is 0. The summed E-state index contributed by atoms with van der Waals surface area (Å²) >= 11 is 0. The molecule has 0 spiro atoms. The molecule has 0 heterocycles. The summed E-state index contributed by atoms with van der Waals surface area (Å²) in [6.45, 7) is 0. The first-order valence-corrected chi connectivity index (χ1v) is 4.86. The fraction of sp³-hybridized carbons (Fsp3) is 0.333. The highest BCUT2D eigenvalue weighted by Crippen LogP contribution is 2.25. The number of rotatable bonds is 1. The second-order valence-electron chi connectivity index (χ2n) is 3.63. The van der Waals surface area contributed by atoms with Gasteiger partial charge in [0.1, 0.15) is 0 Å². The van der Waals surface area contributed by atoms with Gasteiger partial charge in [-0.1, -0.05) is 36.4 Å². The number of nitrogens with two attached hydrogens (primary N) is 1. The highest BCUT2D eigenvalue weighted by molar-refractivity contribution is 5.66. The zero-order chi connectivity index (χ0) is 9.10. The van der Waals surface area contributed by atoms with Gasteiger partial charge in [-0.3, -0.25) is 0 Å². The maximum atomic E-state index is 5.83. The van der Waals surface area contributed by atoms with Crippen molar-refractivity contribution in [2.24, 2.45) is 5.73 Å². The van der Waals surface area contributed by atoms with Crippen molar-refractivity contribution in [2.75, 3.05) is 0 Å². The van der Waals surface area contributed by atoms with Crippen LogP contribution >= 0.6 is 0 Å². The average molecular weight is 173 g/mol. The average Bonchev–Trinajstić information content (AvgIpc) is 2.20. The summed E-state index contributed by atoms with van der Waals surface area (Å²) in [6, 6.07) is 11.0. The molecular formula is C12H15N. The number of allylic oxidation sites excluding steroid dienone is 1. The van der Waals surface area contributed by atoms with E-state index in [1.807, 2.05) is 0 Å². The molecule has 0 aliphatic heterocycles. The summed E-state index contributed by atoms with van der Waals surface area (Å²) in [5.41, 5.74) is 8.65. The standard InChI is InChI=1S/C12H15N/c13-12-8-6-11(7-9-12)10-4-2-1-3-5-10/h1-6,12H,7-9,13H2/t12-/m0/s1. The van der Waals surface area contributed by atoms with Crippen LogP contribution in [0.15, 0.2) is 36.4 Å². The normalized spacial score (nSPS) is 22.5. The molecule has 0 amide bonds. The number of hydrogen-bond donors (Lipinski definition) is 1. The lowest BCUT2D eigenvalue weighted by molar-refractivity contribution is 0.614.